The first-order valence-electron chi connectivity index (χ1n) is 8.11. The zero-order chi connectivity index (χ0) is 14.0. The maximum absolute atomic E-state index is 12.8. The third-order valence-electron chi connectivity index (χ3n) is 5.27. The Morgan fingerprint density at radius 2 is 2.15 bits per heavy atom. The van der Waals surface area contributed by atoms with Crippen molar-refractivity contribution in [2.24, 2.45) is 0 Å². The minimum absolute atomic E-state index is 0.264. The summed E-state index contributed by atoms with van der Waals surface area (Å²) in [4.78, 5) is 17.4. The average molecular weight is 281 g/mol. The molecule has 5 heteroatoms. The number of hydrogen-bond donors (Lipinski definition) is 1. The summed E-state index contributed by atoms with van der Waals surface area (Å²) in [6, 6.07) is 0.540. The monoisotopic (exact) mass is 281 g/mol. The molecule has 2 unspecified atom stereocenters. The summed E-state index contributed by atoms with van der Waals surface area (Å²) < 4.78 is 5.42. The van der Waals surface area contributed by atoms with Gasteiger partial charge in [0, 0.05) is 32.2 Å². The first kappa shape index (κ1) is 14.3. The lowest BCUT2D eigenvalue weighted by atomic mass is 9.92. The molecule has 0 spiro atoms. The number of morpholine rings is 1. The van der Waals surface area contributed by atoms with Gasteiger partial charge in [-0.05, 0) is 32.2 Å². The maximum atomic E-state index is 12.8. The molecule has 0 bridgehead atoms. The summed E-state index contributed by atoms with van der Waals surface area (Å²) in [7, 11) is 0. The molecule has 114 valence electrons. The maximum Gasteiger partial charge on any atom is 0.242 e. The molecule has 1 N–H and O–H groups in total. The van der Waals surface area contributed by atoms with Crippen molar-refractivity contribution in [2.75, 3.05) is 45.9 Å². The molecule has 0 aromatic carbocycles. The number of nitrogens with zero attached hydrogens (tertiary/aromatic N) is 2. The fourth-order valence-electron chi connectivity index (χ4n) is 3.91. The van der Waals surface area contributed by atoms with Gasteiger partial charge in [0.05, 0.1) is 18.8 Å². The van der Waals surface area contributed by atoms with E-state index < -0.39 is 0 Å². The van der Waals surface area contributed by atoms with Crippen LogP contribution < -0.4 is 5.32 Å². The minimum Gasteiger partial charge on any atom is -0.379 e. The first-order chi connectivity index (χ1) is 9.75. The van der Waals surface area contributed by atoms with E-state index in [0.717, 1.165) is 71.6 Å². The largest absolute Gasteiger partial charge is 0.379 e. The third kappa shape index (κ3) is 2.59. The molecular weight excluding hydrogens is 254 g/mol. The van der Waals surface area contributed by atoms with Crippen LogP contribution in [0.15, 0.2) is 0 Å². The standard InChI is InChI=1S/C15H27N3O2/c1-2-15(5-3-6-16-15)14(19)18-7-4-13(12-18)17-8-10-20-11-9-17/h13,16H,2-12H2,1H3. The molecule has 0 aromatic rings. The van der Waals surface area contributed by atoms with E-state index >= 15 is 0 Å². The van der Waals surface area contributed by atoms with Crippen molar-refractivity contribution < 1.29 is 9.53 Å². The molecule has 3 fully saturated rings. The molecule has 5 nitrogen and oxygen atoms in total. The second-order valence-electron chi connectivity index (χ2n) is 6.31. The van der Waals surface area contributed by atoms with Crippen LogP contribution >= 0.6 is 0 Å². The Bertz CT molecular complexity index is 349. The topological polar surface area (TPSA) is 44.8 Å². The zero-order valence-corrected chi connectivity index (χ0v) is 12.6. The molecule has 0 saturated carbocycles. The Kier molecular flexibility index (Phi) is 4.29. The molecule has 3 rings (SSSR count). The zero-order valence-electron chi connectivity index (χ0n) is 12.6. The van der Waals surface area contributed by atoms with Crippen molar-refractivity contribution in [1.82, 2.24) is 15.1 Å². The highest BCUT2D eigenvalue weighted by Gasteiger charge is 2.44. The predicted octanol–water partition coefficient (Wildman–Crippen LogP) is 0.452. The van der Waals surface area contributed by atoms with Crippen LogP contribution in [-0.4, -0.2) is 73.2 Å². The normalized spacial score (nSPS) is 35.6. The Morgan fingerprint density at radius 3 is 2.80 bits per heavy atom. The highest BCUT2D eigenvalue weighted by Crippen LogP contribution is 2.28. The Labute approximate surface area is 121 Å². The first-order valence-corrected chi connectivity index (χ1v) is 8.11. The highest BCUT2D eigenvalue weighted by atomic mass is 16.5. The van der Waals surface area contributed by atoms with Gasteiger partial charge >= 0.3 is 0 Å². The van der Waals surface area contributed by atoms with Crippen LogP contribution in [0, 0.1) is 0 Å². The van der Waals surface area contributed by atoms with Gasteiger partial charge in [-0.1, -0.05) is 6.92 Å². The molecule has 1 amide bonds. The molecule has 2 atom stereocenters. The molecule has 0 radical (unpaired) electrons. The van der Waals surface area contributed by atoms with Gasteiger partial charge in [-0.2, -0.15) is 0 Å². The Balaban J connectivity index is 1.60. The van der Waals surface area contributed by atoms with E-state index in [0.29, 0.717) is 11.9 Å². The number of carbonyl (C=O) groups excluding carboxylic acids is 1. The van der Waals surface area contributed by atoms with Crippen LogP contribution in [0.3, 0.4) is 0 Å². The summed E-state index contributed by atoms with van der Waals surface area (Å²) in [5, 5.41) is 3.47. The van der Waals surface area contributed by atoms with Gasteiger partial charge in [0.2, 0.25) is 5.91 Å². The quantitative estimate of drug-likeness (QED) is 0.816. The molecule has 20 heavy (non-hydrogen) atoms. The van der Waals surface area contributed by atoms with Gasteiger partial charge in [-0.3, -0.25) is 9.69 Å². The number of nitrogens with one attached hydrogen (secondary N) is 1. The van der Waals surface area contributed by atoms with Gasteiger partial charge in [0.25, 0.3) is 0 Å². The highest BCUT2D eigenvalue weighted by molar-refractivity contribution is 5.87. The predicted molar refractivity (Wildman–Crippen MR) is 77.6 cm³/mol. The summed E-state index contributed by atoms with van der Waals surface area (Å²) in [6.07, 6.45) is 4.15. The van der Waals surface area contributed by atoms with Crippen molar-refractivity contribution >= 4 is 5.91 Å². The van der Waals surface area contributed by atoms with Crippen molar-refractivity contribution in [3.63, 3.8) is 0 Å². The van der Waals surface area contributed by atoms with Crippen molar-refractivity contribution in [3.05, 3.63) is 0 Å². The van der Waals surface area contributed by atoms with E-state index in [2.05, 4.69) is 22.0 Å². The van der Waals surface area contributed by atoms with Crippen molar-refractivity contribution in [1.29, 1.82) is 0 Å². The fraction of sp³-hybridized carbons (Fsp3) is 0.933. The van der Waals surface area contributed by atoms with Crippen LogP contribution in [0.1, 0.15) is 32.6 Å². The van der Waals surface area contributed by atoms with Crippen LogP contribution in [0.4, 0.5) is 0 Å². The van der Waals surface area contributed by atoms with Crippen molar-refractivity contribution in [2.45, 2.75) is 44.2 Å². The lowest BCUT2D eigenvalue weighted by Crippen LogP contribution is -2.54. The van der Waals surface area contributed by atoms with E-state index in [1.165, 1.54) is 0 Å². The molecule has 3 aliphatic heterocycles. The van der Waals surface area contributed by atoms with Gasteiger partial charge < -0.3 is 15.0 Å². The smallest absolute Gasteiger partial charge is 0.242 e. The summed E-state index contributed by atoms with van der Waals surface area (Å²) in [5.74, 6) is 0.341. The summed E-state index contributed by atoms with van der Waals surface area (Å²) in [6.45, 7) is 8.65. The molecule has 3 saturated heterocycles. The minimum atomic E-state index is -0.264. The number of likely N-dealkylation sites (tertiary alicyclic amines) is 1. The third-order valence-corrected chi connectivity index (χ3v) is 5.27. The number of ether oxygens (including phenoxy) is 1. The number of carbonyl (C=O) groups is 1. The SMILES string of the molecule is CCC1(C(=O)N2CCC(N3CCOCC3)C2)CCCN1. The lowest BCUT2D eigenvalue weighted by Gasteiger charge is -2.34. The van der Waals surface area contributed by atoms with E-state index in [1.54, 1.807) is 0 Å². The van der Waals surface area contributed by atoms with E-state index in [4.69, 9.17) is 4.74 Å². The van der Waals surface area contributed by atoms with Crippen molar-refractivity contribution in [3.8, 4) is 0 Å². The van der Waals surface area contributed by atoms with Gasteiger partial charge in [0.1, 0.15) is 0 Å². The number of hydrogen-bond acceptors (Lipinski definition) is 4. The molecule has 3 aliphatic rings. The van der Waals surface area contributed by atoms with Gasteiger partial charge in [-0.15, -0.1) is 0 Å². The van der Waals surface area contributed by atoms with E-state index in [-0.39, 0.29) is 5.54 Å². The molecular formula is C15H27N3O2. The number of rotatable bonds is 3. The number of amides is 1. The average Bonchev–Trinajstić information content (AvgIpc) is 3.17. The van der Waals surface area contributed by atoms with Gasteiger partial charge in [0.15, 0.2) is 0 Å². The lowest BCUT2D eigenvalue weighted by molar-refractivity contribution is -0.137. The summed E-state index contributed by atoms with van der Waals surface area (Å²) in [5.41, 5.74) is -0.264. The van der Waals surface area contributed by atoms with E-state index in [1.807, 2.05) is 0 Å². The van der Waals surface area contributed by atoms with Crippen LogP contribution in [-0.2, 0) is 9.53 Å². The molecule has 0 aliphatic carbocycles. The van der Waals surface area contributed by atoms with Crippen LogP contribution in [0.25, 0.3) is 0 Å². The van der Waals surface area contributed by atoms with E-state index in [9.17, 15) is 4.79 Å². The summed E-state index contributed by atoms with van der Waals surface area (Å²) >= 11 is 0. The Hall–Kier alpha value is -0.650. The van der Waals surface area contributed by atoms with Crippen LogP contribution in [0.5, 0.6) is 0 Å². The molecule has 0 aromatic heterocycles. The second kappa shape index (κ2) is 6.00. The second-order valence-corrected chi connectivity index (χ2v) is 6.31. The fourth-order valence-corrected chi connectivity index (χ4v) is 3.91. The van der Waals surface area contributed by atoms with Gasteiger partial charge in [-0.25, -0.2) is 0 Å². The molecule has 3 heterocycles. The van der Waals surface area contributed by atoms with Crippen LogP contribution in [0.2, 0.25) is 0 Å². The Morgan fingerprint density at radius 1 is 1.35 bits per heavy atom.